The van der Waals surface area contributed by atoms with Crippen molar-refractivity contribution in [3.05, 3.63) is 11.8 Å². The summed E-state index contributed by atoms with van der Waals surface area (Å²) in [6, 6.07) is 1.52. The van der Waals surface area contributed by atoms with Crippen LogP contribution >= 0.6 is 0 Å². The lowest BCUT2D eigenvalue weighted by Crippen LogP contribution is -2.28. The molecule has 0 saturated heterocycles. The summed E-state index contributed by atoms with van der Waals surface area (Å²) in [6.07, 6.45) is 4.41. The van der Waals surface area contributed by atoms with Gasteiger partial charge in [0.15, 0.2) is 0 Å². The lowest BCUT2D eigenvalue weighted by molar-refractivity contribution is 0.0238. The molecule has 8 heteroatoms. The zero-order valence-electron chi connectivity index (χ0n) is 19.5. The quantitative estimate of drug-likeness (QED) is 0.359. The fourth-order valence-electron chi connectivity index (χ4n) is 4.06. The molecule has 4 unspecified atom stereocenters. The van der Waals surface area contributed by atoms with Crippen LogP contribution in [0.3, 0.4) is 0 Å². The predicted octanol–water partition coefficient (Wildman–Crippen LogP) is 4.33. The Labute approximate surface area is 185 Å². The summed E-state index contributed by atoms with van der Waals surface area (Å²) in [5.74, 6) is 0.476. The average Bonchev–Trinajstić information content (AvgIpc) is 3.22. The molecule has 8 nitrogen and oxygen atoms in total. The summed E-state index contributed by atoms with van der Waals surface area (Å²) in [7, 11) is 0. The molecule has 0 saturated carbocycles. The van der Waals surface area contributed by atoms with Gasteiger partial charge in [0.2, 0.25) is 5.90 Å². The monoisotopic (exact) mass is 440 g/mol. The van der Waals surface area contributed by atoms with Crippen molar-refractivity contribution in [1.29, 1.82) is 0 Å². The van der Waals surface area contributed by atoms with Crippen molar-refractivity contribution in [3.63, 3.8) is 0 Å². The van der Waals surface area contributed by atoms with Crippen LogP contribution in [0.15, 0.2) is 15.7 Å². The van der Waals surface area contributed by atoms with E-state index in [1.165, 1.54) is 6.07 Å². The zero-order chi connectivity index (χ0) is 23.2. The largest absolute Gasteiger partial charge is 0.494 e. The highest BCUT2D eigenvalue weighted by Gasteiger charge is 2.35. The lowest BCUT2D eigenvalue weighted by atomic mass is 9.79. The van der Waals surface area contributed by atoms with Gasteiger partial charge in [-0.2, -0.15) is 0 Å². The van der Waals surface area contributed by atoms with E-state index in [0.717, 1.165) is 19.3 Å². The Bertz CT molecular complexity index is 715. The Kier molecular flexibility index (Phi) is 8.77. The third-order valence-corrected chi connectivity index (χ3v) is 6.34. The second kappa shape index (κ2) is 10.7. The second-order valence-electron chi connectivity index (χ2n) is 10.7. The minimum absolute atomic E-state index is 0.0438. The maximum Gasteiger partial charge on any atom is 0.251 e. The molecule has 31 heavy (non-hydrogen) atoms. The summed E-state index contributed by atoms with van der Waals surface area (Å²) in [5.41, 5.74) is -0.134. The smallest absolute Gasteiger partial charge is 0.251 e. The van der Waals surface area contributed by atoms with E-state index in [9.17, 15) is 20.4 Å². The van der Waals surface area contributed by atoms with Crippen LogP contribution in [0, 0.1) is 16.7 Å². The van der Waals surface area contributed by atoms with E-state index >= 15 is 0 Å². The van der Waals surface area contributed by atoms with Gasteiger partial charge in [0.1, 0.15) is 11.9 Å². The standard InChI is InChI=1S/C23H40N2O6/c1-15-19(31-25-21(15)29)14-23(4,5)11-9-17(27)7-6-16(26)8-10-22(2,3)13-18-12-20(28)24-30-18/h12,15-17,19,26-27H,6-11,13-14H2,1-5H3,(H,24,28)(H,25,29). The molecule has 2 heterocycles. The molecule has 4 N–H and O–H groups in total. The average molecular weight is 441 g/mol. The minimum atomic E-state index is -0.460. The number of aromatic hydroxyl groups is 1. The molecule has 0 aliphatic carbocycles. The molecule has 1 aromatic heterocycles. The highest BCUT2D eigenvalue weighted by Crippen LogP contribution is 2.35. The van der Waals surface area contributed by atoms with E-state index in [1.807, 2.05) is 6.92 Å². The number of hydrogen-bond acceptors (Lipinski definition) is 7. The third kappa shape index (κ3) is 8.69. The van der Waals surface area contributed by atoms with Gasteiger partial charge in [-0.05, 0) is 67.9 Å². The van der Waals surface area contributed by atoms with Gasteiger partial charge in [0, 0.05) is 12.5 Å². The third-order valence-electron chi connectivity index (χ3n) is 6.34. The van der Waals surface area contributed by atoms with Gasteiger partial charge in [0.25, 0.3) is 5.88 Å². The first kappa shape index (κ1) is 25.5. The molecule has 0 bridgehead atoms. The SMILES string of the molecule is CC1C(O)=NOC1CC(C)(C)CCC(O)CCC(O)CCC(C)(C)Cc1cc(O)no1. The van der Waals surface area contributed by atoms with E-state index in [-0.39, 0.29) is 34.6 Å². The van der Waals surface area contributed by atoms with Crippen LogP contribution in [-0.4, -0.2) is 49.8 Å². The van der Waals surface area contributed by atoms with Crippen molar-refractivity contribution in [2.24, 2.45) is 21.9 Å². The summed E-state index contributed by atoms with van der Waals surface area (Å²) < 4.78 is 5.07. The second-order valence-corrected chi connectivity index (χ2v) is 10.7. The van der Waals surface area contributed by atoms with Crippen LogP contribution in [0.5, 0.6) is 5.88 Å². The van der Waals surface area contributed by atoms with Crippen LogP contribution in [-0.2, 0) is 11.3 Å². The molecule has 0 aromatic carbocycles. The summed E-state index contributed by atoms with van der Waals surface area (Å²) >= 11 is 0. The first-order chi connectivity index (χ1) is 14.4. The van der Waals surface area contributed by atoms with Gasteiger partial charge in [-0.1, -0.05) is 32.9 Å². The minimum Gasteiger partial charge on any atom is -0.494 e. The van der Waals surface area contributed by atoms with E-state index in [1.54, 1.807) is 0 Å². The van der Waals surface area contributed by atoms with Crippen LogP contribution in [0.2, 0.25) is 0 Å². The number of hydrogen-bond donors (Lipinski definition) is 4. The van der Waals surface area contributed by atoms with Crippen molar-refractivity contribution in [2.75, 3.05) is 0 Å². The Hall–Kier alpha value is -1.80. The van der Waals surface area contributed by atoms with Gasteiger partial charge >= 0.3 is 0 Å². The number of nitrogens with zero attached hydrogens (tertiary/aromatic N) is 2. The number of aliphatic hydroxyl groups excluding tert-OH is 3. The zero-order valence-corrected chi connectivity index (χ0v) is 19.5. The molecule has 1 aliphatic heterocycles. The number of rotatable bonds is 13. The fourth-order valence-corrected chi connectivity index (χ4v) is 4.06. The Morgan fingerprint density at radius 3 is 2.03 bits per heavy atom. The van der Waals surface area contributed by atoms with Crippen molar-refractivity contribution < 1.29 is 29.8 Å². The highest BCUT2D eigenvalue weighted by molar-refractivity contribution is 5.77. The van der Waals surface area contributed by atoms with Crippen LogP contribution in [0.1, 0.15) is 85.3 Å². The first-order valence-electron chi connectivity index (χ1n) is 11.3. The number of oxime groups is 1. The van der Waals surface area contributed by atoms with Crippen LogP contribution in [0.25, 0.3) is 0 Å². The maximum atomic E-state index is 10.4. The molecule has 1 aliphatic rings. The molecular formula is C23H40N2O6. The first-order valence-corrected chi connectivity index (χ1v) is 11.3. The van der Waals surface area contributed by atoms with Gasteiger partial charge in [-0.3, -0.25) is 0 Å². The molecule has 0 radical (unpaired) electrons. The summed E-state index contributed by atoms with van der Waals surface area (Å²) in [4.78, 5) is 5.31. The van der Waals surface area contributed by atoms with Crippen molar-refractivity contribution >= 4 is 5.90 Å². The maximum absolute atomic E-state index is 10.4. The van der Waals surface area contributed by atoms with E-state index in [0.29, 0.717) is 37.9 Å². The van der Waals surface area contributed by atoms with Crippen molar-refractivity contribution in [2.45, 2.75) is 104 Å². The Morgan fingerprint density at radius 1 is 0.968 bits per heavy atom. The van der Waals surface area contributed by atoms with Crippen LogP contribution in [0.4, 0.5) is 0 Å². The van der Waals surface area contributed by atoms with Gasteiger partial charge in [-0.15, -0.1) is 0 Å². The molecule has 0 fully saturated rings. The molecule has 0 amide bonds. The molecule has 178 valence electrons. The van der Waals surface area contributed by atoms with Gasteiger partial charge in [-0.25, -0.2) is 0 Å². The Morgan fingerprint density at radius 2 is 1.55 bits per heavy atom. The van der Waals surface area contributed by atoms with Crippen molar-refractivity contribution in [1.82, 2.24) is 5.16 Å². The lowest BCUT2D eigenvalue weighted by Gasteiger charge is -2.29. The molecular weight excluding hydrogens is 400 g/mol. The number of aliphatic hydroxyl groups is 3. The van der Waals surface area contributed by atoms with Crippen molar-refractivity contribution in [3.8, 4) is 5.88 Å². The molecule has 4 atom stereocenters. The summed E-state index contributed by atoms with van der Waals surface area (Å²) in [6.45, 7) is 10.4. The van der Waals surface area contributed by atoms with Crippen LogP contribution < -0.4 is 0 Å². The Balaban J connectivity index is 1.64. The topological polar surface area (TPSA) is 129 Å². The van der Waals surface area contributed by atoms with E-state index in [4.69, 9.17) is 9.36 Å². The number of aromatic nitrogens is 1. The van der Waals surface area contributed by atoms with Gasteiger partial charge in [0.05, 0.1) is 18.1 Å². The molecule has 0 spiro atoms. The highest BCUT2D eigenvalue weighted by atomic mass is 16.7. The molecule has 2 rings (SSSR count). The summed E-state index contributed by atoms with van der Waals surface area (Å²) in [5, 5.41) is 46.8. The predicted molar refractivity (Wildman–Crippen MR) is 118 cm³/mol. The molecule has 1 aromatic rings. The van der Waals surface area contributed by atoms with E-state index in [2.05, 4.69) is 38.0 Å². The van der Waals surface area contributed by atoms with Gasteiger partial charge < -0.3 is 29.8 Å². The normalized spacial score (nSPS) is 21.6. The fraction of sp³-hybridized carbons (Fsp3) is 0.826. The van der Waals surface area contributed by atoms with E-state index < -0.39 is 12.2 Å².